The van der Waals surface area contributed by atoms with Gasteiger partial charge in [-0.05, 0) is 47.9 Å². The van der Waals surface area contributed by atoms with Crippen LogP contribution in [-0.2, 0) is 16.0 Å². The zero-order chi connectivity index (χ0) is 21.7. The number of nitrogens with zero attached hydrogens (tertiary/aromatic N) is 2. The minimum Gasteiger partial charge on any atom is -0.336 e. The number of imide groups is 1. The standard InChI is InChI=1S/C24H15F3N2O2/c25-16-7-5-15(6-8-16)21-22(28-12-11-14-3-1-2-4-19(14)28)24(31)29(23(21)30)20-10-9-17(26)13-18(20)27/h1-10,13H,11-12H2. The molecule has 31 heavy (non-hydrogen) atoms. The summed E-state index contributed by atoms with van der Waals surface area (Å²) in [6.07, 6.45) is 0.669. The lowest BCUT2D eigenvalue weighted by Crippen LogP contribution is -2.35. The molecule has 0 atom stereocenters. The zero-order valence-electron chi connectivity index (χ0n) is 16.1. The Bertz CT molecular complexity index is 1270. The van der Waals surface area contributed by atoms with Crippen molar-refractivity contribution < 1.29 is 22.8 Å². The zero-order valence-corrected chi connectivity index (χ0v) is 16.1. The Morgan fingerprint density at radius 3 is 2.19 bits per heavy atom. The van der Waals surface area contributed by atoms with Gasteiger partial charge in [-0.15, -0.1) is 0 Å². The van der Waals surface area contributed by atoms with E-state index in [0.717, 1.165) is 23.4 Å². The van der Waals surface area contributed by atoms with Crippen molar-refractivity contribution in [1.82, 2.24) is 0 Å². The van der Waals surface area contributed by atoms with Gasteiger partial charge in [-0.25, -0.2) is 18.1 Å². The van der Waals surface area contributed by atoms with Crippen LogP contribution in [0.4, 0.5) is 24.5 Å². The van der Waals surface area contributed by atoms with Crippen LogP contribution in [0.15, 0.2) is 72.4 Å². The number of rotatable bonds is 3. The molecule has 2 aliphatic rings. The predicted octanol–water partition coefficient (Wildman–Crippen LogP) is 4.45. The summed E-state index contributed by atoms with van der Waals surface area (Å²) in [7, 11) is 0. The number of carbonyl (C=O) groups is 2. The molecule has 5 rings (SSSR count). The van der Waals surface area contributed by atoms with Gasteiger partial charge < -0.3 is 4.90 Å². The van der Waals surface area contributed by atoms with Crippen molar-refractivity contribution >= 4 is 28.8 Å². The molecular weight excluding hydrogens is 405 g/mol. The molecule has 0 bridgehead atoms. The molecule has 154 valence electrons. The van der Waals surface area contributed by atoms with Gasteiger partial charge in [-0.1, -0.05) is 30.3 Å². The molecule has 2 amide bonds. The van der Waals surface area contributed by atoms with E-state index in [1.165, 1.54) is 24.3 Å². The van der Waals surface area contributed by atoms with Crippen molar-refractivity contribution in [2.45, 2.75) is 6.42 Å². The highest BCUT2D eigenvalue weighted by molar-refractivity contribution is 6.46. The number of para-hydroxylation sites is 1. The molecule has 0 saturated heterocycles. The highest BCUT2D eigenvalue weighted by atomic mass is 19.1. The van der Waals surface area contributed by atoms with E-state index in [2.05, 4.69) is 0 Å². The van der Waals surface area contributed by atoms with E-state index < -0.39 is 29.3 Å². The van der Waals surface area contributed by atoms with Crippen LogP contribution in [0.1, 0.15) is 11.1 Å². The molecule has 3 aromatic rings. The molecule has 0 spiro atoms. The van der Waals surface area contributed by atoms with Crippen molar-refractivity contribution in [3.63, 3.8) is 0 Å². The van der Waals surface area contributed by atoms with Crippen molar-refractivity contribution in [1.29, 1.82) is 0 Å². The Morgan fingerprint density at radius 2 is 1.45 bits per heavy atom. The number of amides is 2. The summed E-state index contributed by atoms with van der Waals surface area (Å²) in [5, 5.41) is 0. The maximum absolute atomic E-state index is 14.5. The second-order valence-corrected chi connectivity index (χ2v) is 7.30. The van der Waals surface area contributed by atoms with Gasteiger partial charge in [0.15, 0.2) is 0 Å². The Labute approximate surface area is 175 Å². The smallest absolute Gasteiger partial charge is 0.282 e. The van der Waals surface area contributed by atoms with Crippen molar-refractivity contribution in [2.24, 2.45) is 0 Å². The summed E-state index contributed by atoms with van der Waals surface area (Å²) in [5.74, 6) is -3.80. The Morgan fingerprint density at radius 1 is 0.742 bits per heavy atom. The largest absolute Gasteiger partial charge is 0.336 e. The normalized spacial score (nSPS) is 15.8. The van der Waals surface area contributed by atoms with Gasteiger partial charge in [0.1, 0.15) is 23.1 Å². The fourth-order valence-electron chi connectivity index (χ4n) is 4.10. The summed E-state index contributed by atoms with van der Waals surface area (Å²) >= 11 is 0. The van der Waals surface area contributed by atoms with Crippen LogP contribution in [-0.4, -0.2) is 18.4 Å². The van der Waals surface area contributed by atoms with Crippen molar-refractivity contribution in [2.75, 3.05) is 16.3 Å². The van der Waals surface area contributed by atoms with E-state index >= 15 is 0 Å². The first-order valence-corrected chi connectivity index (χ1v) is 9.65. The first-order chi connectivity index (χ1) is 15.0. The first kappa shape index (κ1) is 19.1. The minimum atomic E-state index is -1.02. The van der Waals surface area contributed by atoms with E-state index in [1.807, 2.05) is 24.3 Å². The molecular formula is C24H15F3N2O2. The molecule has 0 radical (unpaired) electrons. The maximum atomic E-state index is 14.5. The van der Waals surface area contributed by atoms with Crippen LogP contribution in [0.25, 0.3) is 5.57 Å². The third-order valence-electron chi connectivity index (χ3n) is 5.50. The predicted molar refractivity (Wildman–Crippen MR) is 110 cm³/mol. The van der Waals surface area contributed by atoms with Crippen LogP contribution < -0.4 is 9.80 Å². The van der Waals surface area contributed by atoms with Gasteiger partial charge in [0, 0.05) is 18.3 Å². The lowest BCUT2D eigenvalue weighted by Gasteiger charge is -2.22. The molecule has 0 aliphatic carbocycles. The molecule has 7 heteroatoms. The molecule has 0 N–H and O–H groups in total. The van der Waals surface area contributed by atoms with Crippen LogP contribution in [0.3, 0.4) is 0 Å². The molecule has 0 aromatic heterocycles. The second kappa shape index (κ2) is 7.12. The molecule has 3 aromatic carbocycles. The van der Waals surface area contributed by atoms with Crippen molar-refractivity contribution in [3.8, 4) is 0 Å². The molecule has 2 heterocycles. The van der Waals surface area contributed by atoms with Gasteiger partial charge in [0.2, 0.25) is 0 Å². The number of hydrogen-bond acceptors (Lipinski definition) is 3. The maximum Gasteiger partial charge on any atom is 0.282 e. The first-order valence-electron chi connectivity index (χ1n) is 9.65. The summed E-state index contributed by atoms with van der Waals surface area (Å²) in [4.78, 5) is 29.3. The van der Waals surface area contributed by atoms with Crippen LogP contribution >= 0.6 is 0 Å². The van der Waals surface area contributed by atoms with Gasteiger partial charge in [-0.2, -0.15) is 0 Å². The molecule has 0 fully saturated rings. The molecule has 2 aliphatic heterocycles. The van der Waals surface area contributed by atoms with Crippen molar-refractivity contribution in [3.05, 3.63) is 101 Å². The summed E-state index contributed by atoms with van der Waals surface area (Å²) in [6.45, 7) is 0.456. The number of halogens is 3. The number of benzene rings is 3. The Kier molecular flexibility index (Phi) is 4.39. The fraction of sp³-hybridized carbons (Fsp3) is 0.0833. The van der Waals surface area contributed by atoms with Crippen LogP contribution in [0, 0.1) is 17.5 Å². The Balaban J connectivity index is 1.70. The minimum absolute atomic E-state index is 0.0467. The van der Waals surface area contributed by atoms with Gasteiger partial charge in [-0.3, -0.25) is 9.59 Å². The monoisotopic (exact) mass is 420 g/mol. The number of carbonyl (C=O) groups excluding carboxylic acids is 2. The van der Waals surface area contributed by atoms with E-state index in [1.54, 1.807) is 4.90 Å². The summed E-state index contributed by atoms with van der Waals surface area (Å²) in [5.41, 5.74) is 1.93. The fourth-order valence-corrected chi connectivity index (χ4v) is 4.10. The average molecular weight is 420 g/mol. The number of hydrogen-bond donors (Lipinski definition) is 0. The average Bonchev–Trinajstić information content (AvgIpc) is 3.28. The third-order valence-corrected chi connectivity index (χ3v) is 5.50. The quantitative estimate of drug-likeness (QED) is 0.588. The van der Waals surface area contributed by atoms with E-state index in [4.69, 9.17) is 0 Å². The molecule has 0 saturated carbocycles. The summed E-state index contributed by atoms with van der Waals surface area (Å²) in [6, 6.07) is 15.4. The third kappa shape index (κ3) is 3.01. The Hall–Kier alpha value is -3.87. The lowest BCUT2D eigenvalue weighted by molar-refractivity contribution is -0.120. The SMILES string of the molecule is O=C1C(c2ccc(F)cc2)=C(N2CCc3ccccc32)C(=O)N1c1ccc(F)cc1F. The van der Waals surface area contributed by atoms with E-state index in [9.17, 15) is 22.8 Å². The van der Waals surface area contributed by atoms with E-state index in [0.29, 0.717) is 29.5 Å². The molecule has 0 unspecified atom stereocenters. The highest BCUT2D eigenvalue weighted by Gasteiger charge is 2.44. The van der Waals surface area contributed by atoms with E-state index in [-0.39, 0.29) is 17.0 Å². The highest BCUT2D eigenvalue weighted by Crippen LogP contribution is 2.40. The van der Waals surface area contributed by atoms with Gasteiger partial charge in [0.05, 0.1) is 11.3 Å². The van der Waals surface area contributed by atoms with Gasteiger partial charge in [0.25, 0.3) is 11.8 Å². The van der Waals surface area contributed by atoms with Gasteiger partial charge >= 0.3 is 0 Å². The molecule has 4 nitrogen and oxygen atoms in total. The van der Waals surface area contributed by atoms with Crippen LogP contribution in [0.2, 0.25) is 0 Å². The summed E-state index contributed by atoms with van der Waals surface area (Å²) < 4.78 is 41.4. The topological polar surface area (TPSA) is 40.6 Å². The van der Waals surface area contributed by atoms with Crippen LogP contribution in [0.5, 0.6) is 0 Å². The number of fused-ring (bicyclic) bond motifs is 1. The second-order valence-electron chi connectivity index (χ2n) is 7.30. The lowest BCUT2D eigenvalue weighted by atomic mass is 10.0. The number of anilines is 2.